The zero-order valence-electron chi connectivity index (χ0n) is 10.9. The second-order valence-electron chi connectivity index (χ2n) is 5.61. The molecule has 0 fully saturated rings. The molecule has 1 heterocycles. The summed E-state index contributed by atoms with van der Waals surface area (Å²) in [7, 11) is -1.70. The van der Waals surface area contributed by atoms with Crippen molar-refractivity contribution in [1.82, 2.24) is 4.98 Å². The van der Waals surface area contributed by atoms with Crippen molar-refractivity contribution < 1.29 is 4.39 Å². The van der Waals surface area contributed by atoms with Gasteiger partial charge in [-0.25, -0.2) is 9.37 Å². The Morgan fingerprint density at radius 2 is 1.94 bits per heavy atom. The molecule has 0 aromatic carbocycles. The average molecular weight is 314 g/mol. The predicted molar refractivity (Wildman–Crippen MR) is 76.0 cm³/mol. The molecule has 92 valence electrons. The highest BCUT2D eigenvalue weighted by Gasteiger charge is 2.33. The summed E-state index contributed by atoms with van der Waals surface area (Å²) >= 11 is 3.18. The third kappa shape index (κ3) is 3.65. The van der Waals surface area contributed by atoms with Crippen molar-refractivity contribution in [2.24, 2.45) is 0 Å². The largest absolute Gasteiger partial charge is 0.244 e. The Morgan fingerprint density at radius 1 is 1.35 bits per heavy atom. The van der Waals surface area contributed by atoms with Crippen LogP contribution >= 0.6 is 15.9 Å². The fourth-order valence-electron chi connectivity index (χ4n) is 0.910. The highest BCUT2D eigenvalue weighted by Crippen LogP contribution is 2.35. The molecule has 1 rings (SSSR count). The number of halogens is 2. The first-order valence-electron chi connectivity index (χ1n) is 5.48. The molecule has 4 heteroatoms. The van der Waals surface area contributed by atoms with Crippen molar-refractivity contribution in [2.45, 2.75) is 38.9 Å². The minimum atomic E-state index is -1.70. The van der Waals surface area contributed by atoms with E-state index in [0.29, 0.717) is 4.47 Å². The predicted octanol–water partition coefficient (Wildman–Crippen LogP) is 4.38. The summed E-state index contributed by atoms with van der Waals surface area (Å²) in [5.41, 5.74) is 3.48. The molecule has 0 saturated carbocycles. The van der Waals surface area contributed by atoms with Crippen molar-refractivity contribution in [3.63, 3.8) is 0 Å². The normalized spacial score (nSPS) is 11.9. The first kappa shape index (κ1) is 14.4. The molecule has 1 nitrogen and oxygen atoms in total. The van der Waals surface area contributed by atoms with Gasteiger partial charge < -0.3 is 0 Å². The van der Waals surface area contributed by atoms with Crippen LogP contribution in [-0.2, 0) is 0 Å². The fraction of sp³-hybridized carbons (Fsp3) is 0.462. The van der Waals surface area contributed by atoms with E-state index in [1.165, 1.54) is 6.07 Å². The summed E-state index contributed by atoms with van der Waals surface area (Å²) < 4.78 is 14.2. The molecule has 0 radical (unpaired) electrons. The average Bonchev–Trinajstić information content (AvgIpc) is 2.14. The molecule has 0 unspecified atom stereocenters. The van der Waals surface area contributed by atoms with E-state index in [2.05, 4.69) is 66.2 Å². The minimum absolute atomic E-state index is 0.172. The number of nitrogens with zero attached hydrogens (tertiary/aromatic N) is 1. The van der Waals surface area contributed by atoms with Gasteiger partial charge in [-0.05, 0) is 27.0 Å². The van der Waals surface area contributed by atoms with Crippen LogP contribution in [0.3, 0.4) is 0 Å². The van der Waals surface area contributed by atoms with Crippen LogP contribution in [-0.4, -0.2) is 13.1 Å². The van der Waals surface area contributed by atoms with Crippen LogP contribution in [0.5, 0.6) is 0 Å². The standard InChI is InChI=1S/C13H17BrFNSi/c1-13(2,3)17(4,5)7-6-12-11(15)8-10(14)9-16-12/h8-9H,1-5H3. The van der Waals surface area contributed by atoms with Crippen molar-refractivity contribution >= 4 is 24.0 Å². The summed E-state index contributed by atoms with van der Waals surface area (Å²) in [6, 6.07) is 1.39. The van der Waals surface area contributed by atoms with E-state index in [1.54, 1.807) is 6.20 Å². The quantitative estimate of drug-likeness (QED) is 0.511. The molecule has 0 aliphatic heterocycles. The highest BCUT2D eigenvalue weighted by molar-refractivity contribution is 9.10. The number of pyridine rings is 1. The Bertz CT molecular complexity index is 480. The smallest absolute Gasteiger partial charge is 0.158 e. The molecule has 0 amide bonds. The second kappa shape index (κ2) is 4.91. The Kier molecular flexibility index (Phi) is 4.16. The lowest BCUT2D eigenvalue weighted by molar-refractivity contribution is 0.616. The van der Waals surface area contributed by atoms with Gasteiger partial charge >= 0.3 is 0 Å². The zero-order chi connectivity index (χ0) is 13.3. The number of aromatic nitrogens is 1. The van der Waals surface area contributed by atoms with Crippen LogP contribution in [0.4, 0.5) is 4.39 Å². The topological polar surface area (TPSA) is 12.9 Å². The Labute approximate surface area is 112 Å². The van der Waals surface area contributed by atoms with E-state index in [1.807, 2.05) is 0 Å². The molecule has 0 atom stereocenters. The molecule has 0 saturated heterocycles. The molecular weight excluding hydrogens is 297 g/mol. The first-order chi connectivity index (χ1) is 7.63. The monoisotopic (exact) mass is 313 g/mol. The summed E-state index contributed by atoms with van der Waals surface area (Å²) in [4.78, 5) is 3.99. The van der Waals surface area contributed by atoms with Gasteiger partial charge in [0.15, 0.2) is 5.82 Å². The van der Waals surface area contributed by atoms with Gasteiger partial charge in [-0.2, -0.15) is 0 Å². The summed E-state index contributed by atoms with van der Waals surface area (Å²) in [5.74, 6) is 2.52. The number of rotatable bonds is 0. The summed E-state index contributed by atoms with van der Waals surface area (Å²) in [6.07, 6.45) is 1.57. The lowest BCUT2D eigenvalue weighted by Crippen LogP contribution is -2.35. The van der Waals surface area contributed by atoms with Crippen molar-refractivity contribution in [3.05, 3.63) is 28.2 Å². The molecule has 17 heavy (non-hydrogen) atoms. The maximum absolute atomic E-state index is 13.5. The second-order valence-corrected chi connectivity index (χ2v) is 11.5. The van der Waals surface area contributed by atoms with E-state index < -0.39 is 8.07 Å². The third-order valence-electron chi connectivity index (χ3n) is 3.18. The molecule has 0 aliphatic carbocycles. The van der Waals surface area contributed by atoms with E-state index in [-0.39, 0.29) is 16.5 Å². The van der Waals surface area contributed by atoms with Gasteiger partial charge in [0.1, 0.15) is 13.8 Å². The number of hydrogen-bond donors (Lipinski definition) is 0. The van der Waals surface area contributed by atoms with E-state index >= 15 is 0 Å². The summed E-state index contributed by atoms with van der Waals surface area (Å²) in [5, 5.41) is 0.172. The van der Waals surface area contributed by atoms with Gasteiger partial charge in [0.25, 0.3) is 0 Å². The van der Waals surface area contributed by atoms with E-state index in [9.17, 15) is 4.39 Å². The van der Waals surface area contributed by atoms with Crippen LogP contribution in [0.2, 0.25) is 18.1 Å². The Balaban J connectivity index is 3.08. The van der Waals surface area contributed by atoms with Gasteiger partial charge in [-0.3, -0.25) is 0 Å². The van der Waals surface area contributed by atoms with Gasteiger partial charge in [-0.1, -0.05) is 39.8 Å². The molecule has 0 spiro atoms. The van der Waals surface area contributed by atoms with Gasteiger partial charge in [0.05, 0.1) is 0 Å². The summed E-state index contributed by atoms with van der Waals surface area (Å²) in [6.45, 7) is 10.9. The molecular formula is C13H17BrFNSi. The first-order valence-corrected chi connectivity index (χ1v) is 9.27. The van der Waals surface area contributed by atoms with Crippen LogP contribution < -0.4 is 0 Å². The lowest BCUT2D eigenvalue weighted by atomic mass is 10.2. The van der Waals surface area contributed by atoms with Gasteiger partial charge in [0, 0.05) is 10.7 Å². The van der Waals surface area contributed by atoms with Crippen molar-refractivity contribution in [1.29, 1.82) is 0 Å². The molecule has 1 aromatic rings. The molecule has 0 aliphatic rings. The van der Waals surface area contributed by atoms with Gasteiger partial charge in [-0.15, -0.1) is 5.54 Å². The van der Waals surface area contributed by atoms with Crippen LogP contribution in [0.15, 0.2) is 16.7 Å². The maximum Gasteiger partial charge on any atom is 0.158 e. The minimum Gasteiger partial charge on any atom is -0.244 e. The van der Waals surface area contributed by atoms with Crippen LogP contribution in [0.1, 0.15) is 26.5 Å². The van der Waals surface area contributed by atoms with Gasteiger partial charge in [0.2, 0.25) is 0 Å². The third-order valence-corrected chi connectivity index (χ3v) is 8.11. The van der Waals surface area contributed by atoms with E-state index in [0.717, 1.165) is 0 Å². The molecule has 1 aromatic heterocycles. The SMILES string of the molecule is CC(C)(C)[Si](C)(C)C#Cc1ncc(Br)cc1F. The zero-order valence-corrected chi connectivity index (χ0v) is 13.4. The van der Waals surface area contributed by atoms with Crippen molar-refractivity contribution in [2.75, 3.05) is 0 Å². The lowest BCUT2D eigenvalue weighted by Gasteiger charge is -2.31. The molecule has 0 N–H and O–H groups in total. The van der Waals surface area contributed by atoms with Crippen molar-refractivity contribution in [3.8, 4) is 11.5 Å². The highest BCUT2D eigenvalue weighted by atomic mass is 79.9. The Hall–Kier alpha value is -0.663. The maximum atomic E-state index is 13.5. The number of hydrogen-bond acceptors (Lipinski definition) is 1. The van der Waals surface area contributed by atoms with Crippen LogP contribution in [0.25, 0.3) is 0 Å². The Morgan fingerprint density at radius 3 is 2.41 bits per heavy atom. The molecule has 0 bridgehead atoms. The van der Waals surface area contributed by atoms with E-state index in [4.69, 9.17) is 0 Å². The fourth-order valence-corrected chi connectivity index (χ4v) is 2.02. The van der Waals surface area contributed by atoms with Crippen LogP contribution in [0, 0.1) is 17.3 Å².